The zero-order valence-corrected chi connectivity index (χ0v) is 12.9. The second-order valence-corrected chi connectivity index (χ2v) is 5.62. The second-order valence-electron chi connectivity index (χ2n) is 5.62. The summed E-state index contributed by atoms with van der Waals surface area (Å²) in [6, 6.07) is 13.9. The van der Waals surface area contributed by atoms with E-state index >= 15 is 0 Å². The average molecular weight is 298 g/mol. The van der Waals surface area contributed by atoms with E-state index in [-0.39, 0.29) is 0 Å². The number of hydrogen-bond donors (Lipinski definition) is 1. The molecule has 116 valence electrons. The van der Waals surface area contributed by atoms with E-state index in [4.69, 9.17) is 15.2 Å². The van der Waals surface area contributed by atoms with Crippen LogP contribution in [0.4, 0.5) is 5.69 Å². The monoisotopic (exact) mass is 298 g/mol. The number of fused-ring (bicyclic) bond motifs is 1. The highest BCUT2D eigenvalue weighted by atomic mass is 16.5. The van der Waals surface area contributed by atoms with E-state index in [2.05, 4.69) is 17.0 Å². The van der Waals surface area contributed by atoms with Crippen molar-refractivity contribution in [3.63, 3.8) is 0 Å². The molecular weight excluding hydrogens is 276 g/mol. The first kappa shape index (κ1) is 14.7. The molecule has 22 heavy (non-hydrogen) atoms. The Morgan fingerprint density at radius 3 is 2.73 bits per heavy atom. The van der Waals surface area contributed by atoms with Crippen LogP contribution in [0.25, 0.3) is 0 Å². The molecule has 0 radical (unpaired) electrons. The summed E-state index contributed by atoms with van der Waals surface area (Å²) in [6.07, 6.45) is 1.000. The number of ether oxygens (including phenoxy) is 2. The number of hydrogen-bond acceptors (Lipinski definition) is 4. The maximum Gasteiger partial charge on any atom is 0.121 e. The van der Waals surface area contributed by atoms with Crippen molar-refractivity contribution in [2.24, 2.45) is 0 Å². The first-order chi connectivity index (χ1) is 10.7. The first-order valence-corrected chi connectivity index (χ1v) is 7.61. The minimum Gasteiger partial charge on any atom is -0.497 e. The third kappa shape index (κ3) is 3.52. The molecule has 0 aromatic heterocycles. The van der Waals surface area contributed by atoms with E-state index in [0.29, 0.717) is 6.61 Å². The molecule has 0 fully saturated rings. The Balaban J connectivity index is 1.44. The first-order valence-electron chi connectivity index (χ1n) is 7.61. The summed E-state index contributed by atoms with van der Waals surface area (Å²) in [4.78, 5) is 2.44. The summed E-state index contributed by atoms with van der Waals surface area (Å²) in [7, 11) is 1.71. The van der Waals surface area contributed by atoms with Gasteiger partial charge in [-0.25, -0.2) is 0 Å². The van der Waals surface area contributed by atoms with Crippen molar-refractivity contribution in [2.75, 3.05) is 26.0 Å². The lowest BCUT2D eigenvalue weighted by Crippen LogP contribution is -2.19. The van der Waals surface area contributed by atoms with E-state index in [0.717, 1.165) is 43.2 Å². The van der Waals surface area contributed by atoms with Crippen LogP contribution in [-0.2, 0) is 13.1 Å². The molecule has 0 bridgehead atoms. The molecular formula is C18H22N2O2. The van der Waals surface area contributed by atoms with Crippen LogP contribution in [0.1, 0.15) is 17.5 Å². The third-order valence-corrected chi connectivity index (χ3v) is 3.95. The highest BCUT2D eigenvalue weighted by molar-refractivity contribution is 5.43. The highest BCUT2D eigenvalue weighted by Crippen LogP contribution is 2.26. The van der Waals surface area contributed by atoms with Crippen molar-refractivity contribution in [2.45, 2.75) is 19.5 Å². The van der Waals surface area contributed by atoms with Crippen LogP contribution >= 0.6 is 0 Å². The summed E-state index contributed by atoms with van der Waals surface area (Å²) in [6.45, 7) is 3.74. The second kappa shape index (κ2) is 6.71. The molecule has 0 atom stereocenters. The van der Waals surface area contributed by atoms with Gasteiger partial charge in [-0.05, 0) is 41.8 Å². The van der Waals surface area contributed by atoms with Gasteiger partial charge in [0, 0.05) is 31.4 Å². The number of methoxy groups -OCH3 is 1. The van der Waals surface area contributed by atoms with Gasteiger partial charge < -0.3 is 15.2 Å². The quantitative estimate of drug-likeness (QED) is 0.658. The van der Waals surface area contributed by atoms with E-state index in [1.165, 1.54) is 11.1 Å². The molecule has 0 saturated carbocycles. The van der Waals surface area contributed by atoms with Crippen LogP contribution in [0.5, 0.6) is 11.5 Å². The molecule has 0 spiro atoms. The normalized spacial score (nSPS) is 13.9. The number of rotatable bonds is 6. The Hall–Kier alpha value is -2.20. The Kier molecular flexibility index (Phi) is 4.49. The molecule has 0 unspecified atom stereocenters. The smallest absolute Gasteiger partial charge is 0.121 e. The fourth-order valence-corrected chi connectivity index (χ4v) is 2.81. The zero-order valence-electron chi connectivity index (χ0n) is 12.9. The summed E-state index contributed by atoms with van der Waals surface area (Å²) in [5.41, 5.74) is 9.25. The van der Waals surface area contributed by atoms with Crippen molar-refractivity contribution in [3.05, 3.63) is 53.6 Å². The molecule has 3 rings (SSSR count). The van der Waals surface area contributed by atoms with Gasteiger partial charge in [-0.2, -0.15) is 0 Å². The minimum atomic E-state index is 0.708. The van der Waals surface area contributed by atoms with Crippen LogP contribution in [-0.4, -0.2) is 25.2 Å². The molecule has 4 nitrogen and oxygen atoms in total. The maximum atomic E-state index is 5.74. The molecule has 0 amide bonds. The van der Waals surface area contributed by atoms with Crippen LogP contribution < -0.4 is 15.2 Å². The molecule has 2 aromatic rings. The van der Waals surface area contributed by atoms with Crippen LogP contribution in [0.15, 0.2) is 42.5 Å². The maximum absolute atomic E-state index is 5.74. The summed E-state index contributed by atoms with van der Waals surface area (Å²) >= 11 is 0. The SMILES string of the molecule is COc1ccc2c(c1)CN(CCCOc1cccc(N)c1)C2. The van der Waals surface area contributed by atoms with Gasteiger partial charge in [-0.1, -0.05) is 12.1 Å². The van der Waals surface area contributed by atoms with Gasteiger partial charge in [-0.3, -0.25) is 4.90 Å². The van der Waals surface area contributed by atoms with Gasteiger partial charge in [0.15, 0.2) is 0 Å². The van der Waals surface area contributed by atoms with Crippen LogP contribution in [0.3, 0.4) is 0 Å². The van der Waals surface area contributed by atoms with Crippen molar-refractivity contribution in [3.8, 4) is 11.5 Å². The molecule has 1 aliphatic rings. The predicted molar refractivity (Wildman–Crippen MR) is 88.1 cm³/mol. The zero-order chi connectivity index (χ0) is 15.4. The number of nitrogens with two attached hydrogens (primary N) is 1. The van der Waals surface area contributed by atoms with E-state index < -0.39 is 0 Å². The Morgan fingerprint density at radius 2 is 1.91 bits per heavy atom. The number of nitrogen functional groups attached to an aromatic ring is 1. The van der Waals surface area contributed by atoms with Gasteiger partial charge >= 0.3 is 0 Å². The number of benzene rings is 2. The topological polar surface area (TPSA) is 47.7 Å². The van der Waals surface area contributed by atoms with E-state index in [1.807, 2.05) is 30.3 Å². The Labute approximate surface area is 131 Å². The van der Waals surface area contributed by atoms with Crippen LogP contribution in [0.2, 0.25) is 0 Å². The average Bonchev–Trinajstić information content (AvgIpc) is 2.93. The summed E-state index contributed by atoms with van der Waals surface area (Å²) < 4.78 is 11.0. The van der Waals surface area contributed by atoms with Crippen molar-refractivity contribution in [1.29, 1.82) is 0 Å². The van der Waals surface area contributed by atoms with E-state index in [9.17, 15) is 0 Å². The Bertz CT molecular complexity index is 643. The van der Waals surface area contributed by atoms with Gasteiger partial charge in [0.1, 0.15) is 11.5 Å². The van der Waals surface area contributed by atoms with Gasteiger partial charge in [0.05, 0.1) is 13.7 Å². The lowest BCUT2D eigenvalue weighted by Gasteiger charge is -2.14. The van der Waals surface area contributed by atoms with Gasteiger partial charge in [0.2, 0.25) is 0 Å². The summed E-state index contributed by atoms with van der Waals surface area (Å²) in [5.74, 6) is 1.78. The minimum absolute atomic E-state index is 0.708. The number of nitrogens with zero attached hydrogens (tertiary/aromatic N) is 1. The lowest BCUT2D eigenvalue weighted by molar-refractivity contribution is 0.238. The van der Waals surface area contributed by atoms with Crippen molar-refractivity contribution in [1.82, 2.24) is 4.90 Å². The molecule has 0 aliphatic carbocycles. The van der Waals surface area contributed by atoms with E-state index in [1.54, 1.807) is 7.11 Å². The molecule has 0 saturated heterocycles. The highest BCUT2D eigenvalue weighted by Gasteiger charge is 2.18. The molecule has 2 N–H and O–H groups in total. The van der Waals surface area contributed by atoms with Gasteiger partial charge in [-0.15, -0.1) is 0 Å². The Morgan fingerprint density at radius 1 is 1.05 bits per heavy atom. The standard InChI is InChI=1S/C18H22N2O2/c1-21-17-7-6-14-12-20(13-15(14)10-17)8-3-9-22-18-5-2-4-16(19)11-18/h2,4-7,10-11H,3,8-9,12-13,19H2,1H3. The fourth-order valence-electron chi connectivity index (χ4n) is 2.81. The van der Waals surface area contributed by atoms with Crippen molar-refractivity contribution >= 4 is 5.69 Å². The van der Waals surface area contributed by atoms with Crippen molar-refractivity contribution < 1.29 is 9.47 Å². The third-order valence-electron chi connectivity index (χ3n) is 3.95. The van der Waals surface area contributed by atoms with Gasteiger partial charge in [0.25, 0.3) is 0 Å². The fraction of sp³-hybridized carbons (Fsp3) is 0.333. The lowest BCUT2D eigenvalue weighted by atomic mass is 10.1. The number of anilines is 1. The molecule has 2 aromatic carbocycles. The summed E-state index contributed by atoms with van der Waals surface area (Å²) in [5, 5.41) is 0. The predicted octanol–water partition coefficient (Wildman–Crippen LogP) is 3.06. The molecule has 1 aliphatic heterocycles. The molecule has 1 heterocycles. The largest absolute Gasteiger partial charge is 0.497 e. The molecule has 4 heteroatoms. The van der Waals surface area contributed by atoms with Crippen LogP contribution in [0, 0.1) is 0 Å².